The van der Waals surface area contributed by atoms with Gasteiger partial charge in [0.2, 0.25) is 12.7 Å². The molecule has 0 spiro atoms. The first-order valence-electron chi connectivity index (χ1n) is 9.97. The fourth-order valence-electron chi connectivity index (χ4n) is 3.96. The van der Waals surface area contributed by atoms with Gasteiger partial charge in [-0.25, -0.2) is 0 Å². The minimum absolute atomic E-state index is 0.0619. The lowest BCUT2D eigenvalue weighted by atomic mass is 10.1. The fraction of sp³-hybridized carbons (Fsp3) is 0.455. The molecule has 4 rings (SSSR count). The summed E-state index contributed by atoms with van der Waals surface area (Å²) in [6.45, 7) is 2.31. The topological polar surface area (TPSA) is 54.9 Å². The Kier molecular flexibility index (Phi) is 5.76. The standard InChI is InChI=1S/C22H27N3O3/c1-24-11-4-2-3-7-19(24)22(26)25(15-18-6-5-10-23-13-18)14-17-8-9-20-21(12-17)28-16-27-20/h5-6,8-10,12-13,19H,2-4,7,11,14-16H2,1H3. The summed E-state index contributed by atoms with van der Waals surface area (Å²) in [5.41, 5.74) is 2.07. The average molecular weight is 381 g/mol. The highest BCUT2D eigenvalue weighted by atomic mass is 16.7. The van der Waals surface area contributed by atoms with E-state index in [-0.39, 0.29) is 18.7 Å². The first kappa shape index (κ1) is 18.7. The summed E-state index contributed by atoms with van der Waals surface area (Å²) in [4.78, 5) is 21.9. The van der Waals surface area contributed by atoms with Crippen molar-refractivity contribution in [2.75, 3.05) is 20.4 Å². The molecule has 2 aliphatic heterocycles. The zero-order valence-electron chi connectivity index (χ0n) is 16.3. The number of likely N-dealkylation sites (tertiary alicyclic amines) is 1. The van der Waals surface area contributed by atoms with Crippen molar-refractivity contribution in [3.63, 3.8) is 0 Å². The number of ether oxygens (including phenoxy) is 2. The molecule has 2 aromatic rings. The van der Waals surface area contributed by atoms with Gasteiger partial charge in [0.05, 0.1) is 6.04 Å². The zero-order valence-corrected chi connectivity index (χ0v) is 16.3. The number of benzene rings is 1. The second-order valence-electron chi connectivity index (χ2n) is 7.59. The van der Waals surface area contributed by atoms with Crippen molar-refractivity contribution in [1.29, 1.82) is 0 Å². The summed E-state index contributed by atoms with van der Waals surface area (Å²) in [6.07, 6.45) is 7.96. The van der Waals surface area contributed by atoms with Crippen molar-refractivity contribution in [2.24, 2.45) is 0 Å². The molecule has 1 atom stereocenters. The van der Waals surface area contributed by atoms with Crippen LogP contribution in [0.5, 0.6) is 11.5 Å². The molecule has 148 valence electrons. The number of rotatable bonds is 5. The van der Waals surface area contributed by atoms with Crippen LogP contribution >= 0.6 is 0 Å². The number of aromatic nitrogens is 1. The molecule has 6 heteroatoms. The van der Waals surface area contributed by atoms with E-state index in [2.05, 4.69) is 16.9 Å². The maximum absolute atomic E-state index is 13.5. The Morgan fingerprint density at radius 2 is 2.00 bits per heavy atom. The number of hydrogen-bond donors (Lipinski definition) is 0. The first-order chi connectivity index (χ1) is 13.7. The van der Waals surface area contributed by atoms with Gasteiger partial charge in [-0.05, 0) is 55.8 Å². The van der Waals surface area contributed by atoms with Crippen molar-refractivity contribution in [3.05, 3.63) is 53.9 Å². The van der Waals surface area contributed by atoms with E-state index in [1.807, 2.05) is 41.4 Å². The number of likely N-dealkylation sites (N-methyl/N-ethyl adjacent to an activating group) is 1. The second-order valence-corrected chi connectivity index (χ2v) is 7.59. The molecule has 2 aliphatic rings. The number of carbonyl (C=O) groups excluding carboxylic acids is 1. The lowest BCUT2D eigenvalue weighted by Gasteiger charge is -2.31. The Balaban J connectivity index is 1.56. The zero-order chi connectivity index (χ0) is 19.3. The van der Waals surface area contributed by atoms with E-state index >= 15 is 0 Å². The molecule has 1 aromatic heterocycles. The van der Waals surface area contributed by atoms with Gasteiger partial charge in [0.25, 0.3) is 0 Å². The minimum atomic E-state index is -0.0619. The van der Waals surface area contributed by atoms with Crippen molar-refractivity contribution in [2.45, 2.75) is 44.8 Å². The van der Waals surface area contributed by atoms with Crippen LogP contribution in [0.4, 0.5) is 0 Å². The van der Waals surface area contributed by atoms with Crippen LogP contribution in [0.1, 0.15) is 36.8 Å². The molecule has 3 heterocycles. The van der Waals surface area contributed by atoms with Gasteiger partial charge in [-0.2, -0.15) is 0 Å². The third kappa shape index (κ3) is 4.28. The maximum atomic E-state index is 13.5. The molecule has 28 heavy (non-hydrogen) atoms. The van der Waals surface area contributed by atoms with Gasteiger partial charge in [0.1, 0.15) is 0 Å². The molecule has 0 bridgehead atoms. The van der Waals surface area contributed by atoms with E-state index in [4.69, 9.17) is 9.47 Å². The normalized spacial score (nSPS) is 19.2. The molecule has 1 amide bonds. The van der Waals surface area contributed by atoms with Gasteiger partial charge in [0.15, 0.2) is 11.5 Å². The monoisotopic (exact) mass is 381 g/mol. The van der Waals surface area contributed by atoms with Gasteiger partial charge in [-0.3, -0.25) is 14.7 Å². The average Bonchev–Trinajstić information content (AvgIpc) is 3.07. The Hall–Kier alpha value is -2.60. The lowest BCUT2D eigenvalue weighted by molar-refractivity contribution is -0.138. The summed E-state index contributed by atoms with van der Waals surface area (Å²) >= 11 is 0. The molecular formula is C22H27N3O3. The van der Waals surface area contributed by atoms with Gasteiger partial charge < -0.3 is 14.4 Å². The third-order valence-corrected chi connectivity index (χ3v) is 5.52. The van der Waals surface area contributed by atoms with Crippen molar-refractivity contribution in [3.8, 4) is 11.5 Å². The van der Waals surface area contributed by atoms with E-state index in [1.165, 1.54) is 6.42 Å². The SMILES string of the molecule is CN1CCCCCC1C(=O)N(Cc1cccnc1)Cc1ccc2c(c1)OCO2. The molecule has 0 aliphatic carbocycles. The summed E-state index contributed by atoms with van der Waals surface area (Å²) in [5, 5.41) is 0. The Bertz CT molecular complexity index is 812. The van der Waals surface area contributed by atoms with Crippen LogP contribution in [-0.2, 0) is 17.9 Å². The maximum Gasteiger partial charge on any atom is 0.240 e. The highest BCUT2D eigenvalue weighted by Gasteiger charge is 2.29. The van der Waals surface area contributed by atoms with E-state index in [0.717, 1.165) is 48.4 Å². The summed E-state index contributed by atoms with van der Waals surface area (Å²) in [7, 11) is 2.07. The summed E-state index contributed by atoms with van der Waals surface area (Å²) < 4.78 is 10.9. The van der Waals surface area contributed by atoms with E-state index in [0.29, 0.717) is 13.1 Å². The highest BCUT2D eigenvalue weighted by Crippen LogP contribution is 2.33. The number of nitrogens with zero attached hydrogens (tertiary/aromatic N) is 3. The molecule has 1 aromatic carbocycles. The Morgan fingerprint density at radius 1 is 1.14 bits per heavy atom. The van der Waals surface area contributed by atoms with Crippen LogP contribution in [0.3, 0.4) is 0 Å². The van der Waals surface area contributed by atoms with E-state index < -0.39 is 0 Å². The van der Waals surface area contributed by atoms with Gasteiger partial charge in [-0.15, -0.1) is 0 Å². The molecule has 1 unspecified atom stereocenters. The molecule has 6 nitrogen and oxygen atoms in total. The largest absolute Gasteiger partial charge is 0.454 e. The predicted molar refractivity (Wildman–Crippen MR) is 106 cm³/mol. The van der Waals surface area contributed by atoms with Crippen LogP contribution in [0.15, 0.2) is 42.7 Å². The van der Waals surface area contributed by atoms with Crippen LogP contribution in [0, 0.1) is 0 Å². The Labute approximate surface area is 166 Å². The van der Waals surface area contributed by atoms with E-state index in [9.17, 15) is 4.79 Å². The second kappa shape index (κ2) is 8.61. The lowest BCUT2D eigenvalue weighted by Crippen LogP contribution is -2.46. The quantitative estimate of drug-likeness (QED) is 0.796. The van der Waals surface area contributed by atoms with Crippen molar-refractivity contribution in [1.82, 2.24) is 14.8 Å². The minimum Gasteiger partial charge on any atom is -0.454 e. The fourth-order valence-corrected chi connectivity index (χ4v) is 3.96. The molecule has 1 fully saturated rings. The van der Waals surface area contributed by atoms with Crippen LogP contribution in [0.25, 0.3) is 0 Å². The highest BCUT2D eigenvalue weighted by molar-refractivity contribution is 5.82. The van der Waals surface area contributed by atoms with Crippen LogP contribution in [0.2, 0.25) is 0 Å². The number of hydrogen-bond acceptors (Lipinski definition) is 5. The number of pyridine rings is 1. The molecule has 0 saturated carbocycles. The van der Waals surface area contributed by atoms with Gasteiger partial charge in [-0.1, -0.05) is 25.0 Å². The molecular weight excluding hydrogens is 354 g/mol. The van der Waals surface area contributed by atoms with Crippen LogP contribution in [-0.4, -0.2) is 47.1 Å². The third-order valence-electron chi connectivity index (χ3n) is 5.52. The van der Waals surface area contributed by atoms with Crippen molar-refractivity contribution >= 4 is 5.91 Å². The summed E-state index contributed by atoms with van der Waals surface area (Å²) in [6, 6.07) is 9.77. The number of carbonyl (C=O) groups is 1. The molecule has 0 N–H and O–H groups in total. The van der Waals surface area contributed by atoms with Gasteiger partial charge in [0, 0.05) is 25.5 Å². The predicted octanol–water partition coefficient (Wildman–Crippen LogP) is 3.21. The Morgan fingerprint density at radius 3 is 2.86 bits per heavy atom. The van der Waals surface area contributed by atoms with Gasteiger partial charge >= 0.3 is 0 Å². The number of fused-ring (bicyclic) bond motifs is 1. The number of amides is 1. The van der Waals surface area contributed by atoms with Crippen molar-refractivity contribution < 1.29 is 14.3 Å². The van der Waals surface area contributed by atoms with Crippen LogP contribution < -0.4 is 9.47 Å². The van der Waals surface area contributed by atoms with E-state index in [1.54, 1.807) is 6.20 Å². The molecule has 1 saturated heterocycles. The molecule has 0 radical (unpaired) electrons. The smallest absolute Gasteiger partial charge is 0.240 e. The summed E-state index contributed by atoms with van der Waals surface area (Å²) in [5.74, 6) is 1.70. The first-order valence-corrected chi connectivity index (χ1v) is 9.97.